The number of esters is 1. The van der Waals surface area contributed by atoms with Crippen molar-refractivity contribution in [2.45, 2.75) is 12.5 Å². The van der Waals surface area contributed by atoms with E-state index in [0.717, 1.165) is 0 Å². The van der Waals surface area contributed by atoms with E-state index in [0.29, 0.717) is 5.56 Å². The summed E-state index contributed by atoms with van der Waals surface area (Å²) in [5, 5.41) is 0. The van der Waals surface area contributed by atoms with Gasteiger partial charge in [-0.1, -0.05) is 30.3 Å². The van der Waals surface area contributed by atoms with Gasteiger partial charge in [0, 0.05) is 12.0 Å². The second-order valence-electron chi connectivity index (χ2n) is 3.12. The maximum atomic E-state index is 11.6. The molecular weight excluding hydrogens is 230 g/mol. The van der Waals surface area contributed by atoms with Crippen molar-refractivity contribution in [3.8, 4) is 0 Å². The molecule has 0 aliphatic heterocycles. The molecule has 1 rings (SSSR count). The predicted octanol–water partition coefficient (Wildman–Crippen LogP) is 1.18. The Bertz CT molecular complexity index is 354. The number of ether oxygens (including phenoxy) is 1. The molecule has 5 heteroatoms. The molecule has 2 N–H and O–H groups in total. The smallest absolute Gasteiger partial charge is 0.323 e. The number of ketones is 1. The summed E-state index contributed by atoms with van der Waals surface area (Å²) in [5.41, 5.74) is 6.02. The molecule has 1 aromatic rings. The first-order chi connectivity index (χ1) is 7.15. The van der Waals surface area contributed by atoms with Gasteiger partial charge < -0.3 is 10.5 Å². The second kappa shape index (κ2) is 6.98. The Morgan fingerprint density at radius 1 is 1.31 bits per heavy atom. The largest absolute Gasteiger partial charge is 0.468 e. The van der Waals surface area contributed by atoms with E-state index in [9.17, 15) is 9.59 Å². The van der Waals surface area contributed by atoms with Crippen LogP contribution in [0.1, 0.15) is 16.8 Å². The fourth-order valence-corrected chi connectivity index (χ4v) is 1.18. The maximum absolute atomic E-state index is 11.6. The number of Topliss-reactive ketones (excluding diaryl/α,β-unsaturated/α-hetero) is 1. The van der Waals surface area contributed by atoms with E-state index in [2.05, 4.69) is 4.74 Å². The fraction of sp³-hybridized carbons (Fsp3) is 0.273. The molecule has 0 bridgehead atoms. The summed E-state index contributed by atoms with van der Waals surface area (Å²) in [5.74, 6) is -0.729. The van der Waals surface area contributed by atoms with E-state index in [1.807, 2.05) is 6.07 Å². The lowest BCUT2D eigenvalue weighted by Crippen LogP contribution is -2.33. The lowest BCUT2D eigenvalue weighted by Gasteiger charge is -2.07. The van der Waals surface area contributed by atoms with E-state index in [1.165, 1.54) is 7.11 Å². The number of benzene rings is 1. The molecule has 0 saturated carbocycles. The molecule has 1 unspecified atom stereocenters. The van der Waals surface area contributed by atoms with Crippen molar-refractivity contribution in [2.24, 2.45) is 5.73 Å². The van der Waals surface area contributed by atoms with Gasteiger partial charge >= 0.3 is 5.97 Å². The highest BCUT2D eigenvalue weighted by Crippen LogP contribution is 2.05. The van der Waals surface area contributed by atoms with E-state index < -0.39 is 12.0 Å². The monoisotopic (exact) mass is 243 g/mol. The number of rotatable bonds is 4. The van der Waals surface area contributed by atoms with Crippen molar-refractivity contribution < 1.29 is 14.3 Å². The topological polar surface area (TPSA) is 69.4 Å². The summed E-state index contributed by atoms with van der Waals surface area (Å²) in [6.45, 7) is 0. The van der Waals surface area contributed by atoms with E-state index in [4.69, 9.17) is 5.73 Å². The van der Waals surface area contributed by atoms with Crippen molar-refractivity contribution in [2.75, 3.05) is 7.11 Å². The third-order valence-electron chi connectivity index (χ3n) is 2.01. The first-order valence-corrected chi connectivity index (χ1v) is 4.57. The van der Waals surface area contributed by atoms with Gasteiger partial charge in [-0.3, -0.25) is 9.59 Å². The third-order valence-corrected chi connectivity index (χ3v) is 2.01. The highest BCUT2D eigenvalue weighted by atomic mass is 35.5. The zero-order valence-electron chi connectivity index (χ0n) is 8.88. The molecule has 1 atom stereocenters. The first kappa shape index (κ1) is 14.6. The summed E-state index contributed by atoms with van der Waals surface area (Å²) in [7, 11) is 1.25. The Morgan fingerprint density at radius 2 is 1.88 bits per heavy atom. The Morgan fingerprint density at radius 3 is 2.38 bits per heavy atom. The summed E-state index contributed by atoms with van der Waals surface area (Å²) in [6.07, 6.45) is -0.0311. The molecular formula is C11H14ClNO3. The highest BCUT2D eigenvalue weighted by molar-refractivity contribution is 5.98. The highest BCUT2D eigenvalue weighted by Gasteiger charge is 2.18. The number of hydrogen-bond acceptors (Lipinski definition) is 4. The molecule has 0 radical (unpaired) electrons. The Balaban J connectivity index is 0.00000225. The molecule has 4 nitrogen and oxygen atoms in total. The van der Waals surface area contributed by atoms with Gasteiger partial charge in [0.15, 0.2) is 5.78 Å². The molecule has 0 aliphatic carbocycles. The second-order valence-corrected chi connectivity index (χ2v) is 3.12. The van der Waals surface area contributed by atoms with Gasteiger partial charge in [-0.2, -0.15) is 0 Å². The number of hydrogen-bond donors (Lipinski definition) is 1. The van der Waals surface area contributed by atoms with Crippen LogP contribution in [0.5, 0.6) is 0 Å². The number of methoxy groups -OCH3 is 1. The van der Waals surface area contributed by atoms with Gasteiger partial charge in [0.05, 0.1) is 7.11 Å². The molecule has 16 heavy (non-hydrogen) atoms. The van der Waals surface area contributed by atoms with Crippen LogP contribution in [0.25, 0.3) is 0 Å². The third kappa shape index (κ3) is 4.00. The molecule has 0 aromatic heterocycles. The Labute approximate surface area is 100 Å². The molecule has 0 fully saturated rings. The van der Waals surface area contributed by atoms with E-state index in [1.54, 1.807) is 24.3 Å². The van der Waals surface area contributed by atoms with Crippen LogP contribution >= 0.6 is 12.4 Å². The van der Waals surface area contributed by atoms with Gasteiger partial charge in [-0.25, -0.2) is 0 Å². The summed E-state index contributed by atoms with van der Waals surface area (Å²) < 4.78 is 4.43. The molecule has 88 valence electrons. The average molecular weight is 244 g/mol. The minimum atomic E-state index is -0.886. The summed E-state index contributed by atoms with van der Waals surface area (Å²) in [4.78, 5) is 22.6. The van der Waals surface area contributed by atoms with Gasteiger partial charge in [-0.05, 0) is 0 Å². The summed E-state index contributed by atoms with van der Waals surface area (Å²) >= 11 is 0. The molecule has 1 aromatic carbocycles. The quantitative estimate of drug-likeness (QED) is 0.637. The first-order valence-electron chi connectivity index (χ1n) is 4.57. The minimum Gasteiger partial charge on any atom is -0.468 e. The fourth-order valence-electron chi connectivity index (χ4n) is 1.18. The standard InChI is InChI=1S/C11H13NO3.ClH/c1-15-11(14)9(12)7-10(13)8-5-3-2-4-6-8;/h2-6,9H,7,12H2,1H3;1H. The molecule has 0 amide bonds. The van der Waals surface area contributed by atoms with Gasteiger partial charge in [0.2, 0.25) is 0 Å². The Kier molecular flexibility index (Phi) is 6.37. The number of nitrogens with two attached hydrogens (primary N) is 1. The minimum absolute atomic E-state index is 0. The van der Waals surface area contributed by atoms with Crippen LogP contribution in [0.15, 0.2) is 30.3 Å². The van der Waals surface area contributed by atoms with Crippen molar-refractivity contribution in [1.29, 1.82) is 0 Å². The number of halogens is 1. The molecule has 0 spiro atoms. The van der Waals surface area contributed by atoms with Crippen molar-refractivity contribution >= 4 is 24.2 Å². The summed E-state index contributed by atoms with van der Waals surface area (Å²) in [6, 6.07) is 7.83. The van der Waals surface area contributed by atoms with Crippen LogP contribution in [0.3, 0.4) is 0 Å². The lowest BCUT2D eigenvalue weighted by atomic mass is 10.0. The zero-order valence-corrected chi connectivity index (χ0v) is 9.70. The maximum Gasteiger partial charge on any atom is 0.323 e. The lowest BCUT2D eigenvalue weighted by molar-refractivity contribution is -0.142. The van der Waals surface area contributed by atoms with Crippen molar-refractivity contribution in [3.63, 3.8) is 0 Å². The van der Waals surface area contributed by atoms with Crippen LogP contribution in [0.2, 0.25) is 0 Å². The number of carbonyl (C=O) groups is 2. The Hall–Kier alpha value is -1.39. The molecule has 0 saturated heterocycles. The van der Waals surface area contributed by atoms with Crippen molar-refractivity contribution in [1.82, 2.24) is 0 Å². The molecule has 0 heterocycles. The van der Waals surface area contributed by atoms with Gasteiger partial charge in [0.1, 0.15) is 6.04 Å². The zero-order chi connectivity index (χ0) is 11.3. The van der Waals surface area contributed by atoms with Crippen LogP contribution in [0, 0.1) is 0 Å². The van der Waals surface area contributed by atoms with Crippen LogP contribution in [-0.4, -0.2) is 24.9 Å². The van der Waals surface area contributed by atoms with Crippen LogP contribution in [-0.2, 0) is 9.53 Å². The van der Waals surface area contributed by atoms with Crippen LogP contribution < -0.4 is 5.73 Å². The van der Waals surface area contributed by atoms with E-state index >= 15 is 0 Å². The number of carbonyl (C=O) groups excluding carboxylic acids is 2. The van der Waals surface area contributed by atoms with Gasteiger partial charge in [-0.15, -0.1) is 12.4 Å². The van der Waals surface area contributed by atoms with Gasteiger partial charge in [0.25, 0.3) is 0 Å². The normalized spacial score (nSPS) is 11.1. The van der Waals surface area contributed by atoms with E-state index in [-0.39, 0.29) is 24.6 Å². The molecule has 0 aliphatic rings. The SMILES string of the molecule is COC(=O)C(N)CC(=O)c1ccccc1.Cl. The predicted molar refractivity (Wildman–Crippen MR) is 62.6 cm³/mol. The van der Waals surface area contributed by atoms with Crippen molar-refractivity contribution in [3.05, 3.63) is 35.9 Å². The van der Waals surface area contributed by atoms with Crippen LogP contribution in [0.4, 0.5) is 0 Å². The average Bonchev–Trinajstić information content (AvgIpc) is 2.29.